The third-order valence-electron chi connectivity index (χ3n) is 3.84. The summed E-state index contributed by atoms with van der Waals surface area (Å²) in [4.78, 5) is 35.7. The van der Waals surface area contributed by atoms with Gasteiger partial charge in [-0.25, -0.2) is 4.79 Å². The number of benzene rings is 2. The molecule has 0 aliphatic heterocycles. The number of carbonyl (C=O) groups is 3. The van der Waals surface area contributed by atoms with Crippen LogP contribution in [-0.2, 0) is 4.79 Å². The van der Waals surface area contributed by atoms with Crippen molar-refractivity contribution in [3.05, 3.63) is 78.8 Å². The van der Waals surface area contributed by atoms with E-state index < -0.39 is 0 Å². The first kappa shape index (κ1) is 19.7. The predicted octanol–water partition coefficient (Wildman–Crippen LogP) is 3.68. The zero-order valence-electron chi connectivity index (χ0n) is 15.5. The van der Waals surface area contributed by atoms with Crippen molar-refractivity contribution in [2.24, 2.45) is 0 Å². The molecule has 2 aromatic carbocycles. The number of anilines is 3. The van der Waals surface area contributed by atoms with Crippen molar-refractivity contribution in [2.75, 3.05) is 22.5 Å². The quantitative estimate of drug-likeness (QED) is 0.491. The molecule has 1 heterocycles. The molecular weight excluding hydrogens is 372 g/mol. The van der Waals surface area contributed by atoms with Crippen LogP contribution in [-0.4, -0.2) is 24.4 Å². The smallest absolute Gasteiger partial charge is 0.323 e. The summed E-state index contributed by atoms with van der Waals surface area (Å²) in [5.74, 6) is -0.413. The molecule has 8 nitrogen and oxygen atoms in total. The van der Waals surface area contributed by atoms with Gasteiger partial charge >= 0.3 is 6.03 Å². The van der Waals surface area contributed by atoms with Crippen LogP contribution in [0.3, 0.4) is 0 Å². The summed E-state index contributed by atoms with van der Waals surface area (Å²) < 4.78 is 4.97. The summed E-state index contributed by atoms with van der Waals surface area (Å²) in [5, 5.41) is 10.8. The summed E-state index contributed by atoms with van der Waals surface area (Å²) in [6.45, 7) is 0.185. The third-order valence-corrected chi connectivity index (χ3v) is 3.84. The number of urea groups is 1. The Balaban J connectivity index is 1.40. The Morgan fingerprint density at radius 2 is 1.34 bits per heavy atom. The van der Waals surface area contributed by atoms with Crippen LogP contribution in [0.1, 0.15) is 17.0 Å². The average molecular weight is 392 g/mol. The summed E-state index contributed by atoms with van der Waals surface area (Å²) in [7, 11) is 0. The number of nitrogens with one attached hydrogen (secondary N) is 4. The SMILES string of the molecule is O=C(CCNC(=O)c1ccco1)Nc1ccc(NC(=O)Nc2ccccc2)cc1. The lowest BCUT2D eigenvalue weighted by molar-refractivity contribution is -0.116. The van der Waals surface area contributed by atoms with Crippen LogP contribution < -0.4 is 21.3 Å². The molecule has 0 atom stereocenters. The number of carbonyl (C=O) groups excluding carboxylic acids is 3. The van der Waals surface area contributed by atoms with Crippen molar-refractivity contribution in [3.8, 4) is 0 Å². The minimum Gasteiger partial charge on any atom is -0.459 e. The van der Waals surface area contributed by atoms with Gasteiger partial charge in [-0.15, -0.1) is 0 Å². The van der Waals surface area contributed by atoms with Crippen LogP contribution in [0.4, 0.5) is 21.9 Å². The number of para-hydroxylation sites is 1. The zero-order chi connectivity index (χ0) is 20.5. The van der Waals surface area contributed by atoms with E-state index in [-0.39, 0.29) is 36.6 Å². The predicted molar refractivity (Wildman–Crippen MR) is 110 cm³/mol. The van der Waals surface area contributed by atoms with Crippen molar-refractivity contribution in [1.82, 2.24) is 5.32 Å². The fourth-order valence-electron chi connectivity index (χ4n) is 2.46. The molecule has 0 fully saturated rings. The lowest BCUT2D eigenvalue weighted by Crippen LogP contribution is -2.27. The minimum absolute atomic E-state index is 0.117. The first-order chi connectivity index (χ1) is 14.1. The Bertz CT molecular complexity index is 954. The highest BCUT2D eigenvalue weighted by Crippen LogP contribution is 2.14. The molecule has 1 aromatic heterocycles. The highest BCUT2D eigenvalue weighted by atomic mass is 16.3. The maximum Gasteiger partial charge on any atom is 0.323 e. The van der Waals surface area contributed by atoms with E-state index in [0.29, 0.717) is 17.1 Å². The van der Waals surface area contributed by atoms with Gasteiger partial charge in [0.1, 0.15) is 0 Å². The maximum absolute atomic E-state index is 12.0. The Kier molecular flexibility index (Phi) is 6.62. The number of rotatable bonds is 7. The molecule has 4 amide bonds. The molecule has 0 radical (unpaired) electrons. The molecule has 0 saturated heterocycles. The molecule has 3 rings (SSSR count). The van der Waals surface area contributed by atoms with Gasteiger partial charge < -0.3 is 25.7 Å². The van der Waals surface area contributed by atoms with Crippen molar-refractivity contribution in [2.45, 2.75) is 6.42 Å². The van der Waals surface area contributed by atoms with E-state index in [0.717, 1.165) is 0 Å². The molecule has 0 spiro atoms. The van der Waals surface area contributed by atoms with E-state index in [4.69, 9.17) is 4.42 Å². The molecule has 0 aliphatic carbocycles. The number of furan rings is 1. The third kappa shape index (κ3) is 6.24. The first-order valence-corrected chi connectivity index (χ1v) is 8.95. The van der Waals surface area contributed by atoms with Crippen molar-refractivity contribution in [3.63, 3.8) is 0 Å². The summed E-state index contributed by atoms with van der Waals surface area (Å²) >= 11 is 0. The average Bonchev–Trinajstić information content (AvgIpc) is 3.25. The lowest BCUT2D eigenvalue weighted by Gasteiger charge is -2.09. The van der Waals surface area contributed by atoms with Crippen molar-refractivity contribution < 1.29 is 18.8 Å². The molecule has 0 unspecified atom stereocenters. The van der Waals surface area contributed by atoms with E-state index in [9.17, 15) is 14.4 Å². The maximum atomic E-state index is 12.0. The van der Waals surface area contributed by atoms with Crippen LogP contribution in [0.2, 0.25) is 0 Å². The van der Waals surface area contributed by atoms with Gasteiger partial charge in [-0.05, 0) is 48.5 Å². The first-order valence-electron chi connectivity index (χ1n) is 8.95. The highest BCUT2D eigenvalue weighted by Gasteiger charge is 2.09. The lowest BCUT2D eigenvalue weighted by atomic mass is 10.2. The topological polar surface area (TPSA) is 112 Å². The molecule has 148 valence electrons. The van der Waals surface area contributed by atoms with Gasteiger partial charge in [-0.2, -0.15) is 0 Å². The van der Waals surface area contributed by atoms with Crippen LogP contribution in [0.25, 0.3) is 0 Å². The second-order valence-corrected chi connectivity index (χ2v) is 6.05. The molecule has 3 aromatic rings. The highest BCUT2D eigenvalue weighted by molar-refractivity contribution is 6.00. The molecule has 4 N–H and O–H groups in total. The standard InChI is InChI=1S/C21H20N4O4/c26-19(12-13-22-20(27)18-7-4-14-29-18)23-16-8-10-17(11-9-16)25-21(28)24-15-5-2-1-3-6-15/h1-11,14H,12-13H2,(H,22,27)(H,23,26)(H2,24,25,28). The normalized spacial score (nSPS) is 10.1. The molecular formula is C21H20N4O4. The summed E-state index contributed by atoms with van der Waals surface area (Å²) in [6, 6.07) is 18.6. The summed E-state index contributed by atoms with van der Waals surface area (Å²) in [5.41, 5.74) is 1.86. The monoisotopic (exact) mass is 392 g/mol. The van der Waals surface area contributed by atoms with Crippen LogP contribution in [0.5, 0.6) is 0 Å². The van der Waals surface area contributed by atoms with E-state index in [1.807, 2.05) is 18.2 Å². The van der Waals surface area contributed by atoms with Gasteiger partial charge in [0, 0.05) is 30.0 Å². The van der Waals surface area contributed by atoms with Gasteiger partial charge in [-0.1, -0.05) is 18.2 Å². The van der Waals surface area contributed by atoms with Crippen LogP contribution in [0, 0.1) is 0 Å². The Labute approximate surface area is 167 Å². The van der Waals surface area contributed by atoms with E-state index in [2.05, 4.69) is 21.3 Å². The van der Waals surface area contributed by atoms with Gasteiger partial charge in [0.15, 0.2) is 5.76 Å². The minimum atomic E-state index is -0.369. The Morgan fingerprint density at radius 1 is 0.724 bits per heavy atom. The van der Waals surface area contributed by atoms with Gasteiger partial charge in [0.2, 0.25) is 5.91 Å². The molecule has 0 bridgehead atoms. The van der Waals surface area contributed by atoms with E-state index in [1.54, 1.807) is 48.5 Å². The van der Waals surface area contributed by atoms with Crippen molar-refractivity contribution >= 4 is 34.9 Å². The molecule has 0 saturated carbocycles. The van der Waals surface area contributed by atoms with Crippen LogP contribution in [0.15, 0.2) is 77.4 Å². The van der Waals surface area contributed by atoms with Gasteiger partial charge in [0.05, 0.1) is 6.26 Å². The van der Waals surface area contributed by atoms with Gasteiger partial charge in [0.25, 0.3) is 5.91 Å². The van der Waals surface area contributed by atoms with E-state index >= 15 is 0 Å². The molecule has 8 heteroatoms. The molecule has 29 heavy (non-hydrogen) atoms. The number of amides is 4. The van der Waals surface area contributed by atoms with Crippen LogP contribution >= 0.6 is 0 Å². The molecule has 0 aliphatic rings. The summed E-state index contributed by atoms with van der Waals surface area (Å²) in [6.07, 6.45) is 1.53. The fourth-order valence-corrected chi connectivity index (χ4v) is 2.46. The second-order valence-electron chi connectivity index (χ2n) is 6.05. The number of hydrogen-bond acceptors (Lipinski definition) is 4. The fraction of sp³-hybridized carbons (Fsp3) is 0.0952. The Morgan fingerprint density at radius 3 is 1.97 bits per heavy atom. The second kappa shape index (κ2) is 9.75. The van der Waals surface area contributed by atoms with Crippen molar-refractivity contribution in [1.29, 1.82) is 0 Å². The number of hydrogen-bond donors (Lipinski definition) is 4. The zero-order valence-corrected chi connectivity index (χ0v) is 15.5. The van der Waals surface area contributed by atoms with Gasteiger partial charge in [-0.3, -0.25) is 9.59 Å². The van der Waals surface area contributed by atoms with E-state index in [1.165, 1.54) is 6.26 Å². The Hall–Kier alpha value is -4.07. The largest absolute Gasteiger partial charge is 0.459 e.